The number of hydrogen-bond donors (Lipinski definition) is 2. The molecule has 1 aliphatic carbocycles. The summed E-state index contributed by atoms with van der Waals surface area (Å²) in [5, 5.41) is 5.22. The highest BCUT2D eigenvalue weighted by molar-refractivity contribution is 5.97. The average molecular weight is 443 g/mol. The molecule has 0 unspecified atom stereocenters. The van der Waals surface area contributed by atoms with Gasteiger partial charge in [-0.3, -0.25) is 9.59 Å². The minimum atomic E-state index is -5.86. The molecule has 0 spiro atoms. The van der Waals surface area contributed by atoms with Crippen LogP contribution in [0.3, 0.4) is 0 Å². The Balaban J connectivity index is 1.66. The average Bonchev–Trinajstić information content (AvgIpc) is 3.52. The molecule has 31 heavy (non-hydrogen) atoms. The Kier molecular flexibility index (Phi) is 6.14. The standard InChI is InChI=1S/C20H18F5N3O3/c1-11(13-3-2-4-15(9-13)31-20(24,25)19(21,22)23)27-18(30)14-7-8-26-16(10-14)28-17(29)12-5-6-12/h2-4,7-12H,5-6H2,1H3,(H,27,30)(H,26,28,29)/t11-/m1/s1. The molecule has 1 aliphatic rings. The summed E-state index contributed by atoms with van der Waals surface area (Å²) in [5.74, 6) is -1.26. The Bertz CT molecular complexity index is 977. The lowest BCUT2D eigenvalue weighted by Gasteiger charge is -2.21. The molecule has 2 N–H and O–H groups in total. The van der Waals surface area contributed by atoms with Gasteiger partial charge in [0.15, 0.2) is 0 Å². The van der Waals surface area contributed by atoms with Crippen molar-refractivity contribution in [3.63, 3.8) is 0 Å². The minimum absolute atomic E-state index is 0.0430. The maximum Gasteiger partial charge on any atom is 0.499 e. The van der Waals surface area contributed by atoms with E-state index in [1.165, 1.54) is 37.4 Å². The molecule has 0 bridgehead atoms. The second kappa shape index (κ2) is 8.48. The van der Waals surface area contributed by atoms with Crippen LogP contribution < -0.4 is 15.4 Å². The highest BCUT2D eigenvalue weighted by Crippen LogP contribution is 2.37. The van der Waals surface area contributed by atoms with Crippen LogP contribution in [0.4, 0.5) is 27.8 Å². The number of aromatic nitrogens is 1. The van der Waals surface area contributed by atoms with Crippen LogP contribution in [0.5, 0.6) is 5.75 Å². The summed E-state index contributed by atoms with van der Waals surface area (Å²) in [7, 11) is 0. The molecule has 3 rings (SSSR count). The fourth-order valence-electron chi connectivity index (χ4n) is 2.63. The maximum atomic E-state index is 13.1. The van der Waals surface area contributed by atoms with Crippen LogP contribution in [0.1, 0.15) is 41.7 Å². The fourth-order valence-corrected chi connectivity index (χ4v) is 2.63. The van der Waals surface area contributed by atoms with E-state index in [-0.39, 0.29) is 28.8 Å². The summed E-state index contributed by atoms with van der Waals surface area (Å²) >= 11 is 0. The first-order chi connectivity index (χ1) is 14.5. The maximum absolute atomic E-state index is 13.1. The Morgan fingerprint density at radius 3 is 2.48 bits per heavy atom. The lowest BCUT2D eigenvalue weighted by molar-refractivity contribution is -0.360. The summed E-state index contributed by atoms with van der Waals surface area (Å²) < 4.78 is 67.0. The van der Waals surface area contributed by atoms with Crippen molar-refractivity contribution >= 4 is 17.6 Å². The van der Waals surface area contributed by atoms with Crippen LogP contribution in [0.25, 0.3) is 0 Å². The lowest BCUT2D eigenvalue weighted by atomic mass is 10.1. The minimum Gasteiger partial charge on any atom is -0.426 e. The molecular weight excluding hydrogens is 425 g/mol. The number of hydrogen-bond acceptors (Lipinski definition) is 4. The fraction of sp³-hybridized carbons (Fsp3) is 0.350. The largest absolute Gasteiger partial charge is 0.499 e. The van der Waals surface area contributed by atoms with E-state index < -0.39 is 30.0 Å². The summed E-state index contributed by atoms with van der Waals surface area (Å²) in [4.78, 5) is 28.3. The number of nitrogens with zero attached hydrogens (tertiary/aromatic N) is 1. The first kappa shape index (κ1) is 22.4. The normalized spacial score (nSPS) is 15.2. The van der Waals surface area contributed by atoms with E-state index >= 15 is 0 Å². The van der Waals surface area contributed by atoms with Gasteiger partial charge >= 0.3 is 12.3 Å². The lowest BCUT2D eigenvalue weighted by Crippen LogP contribution is -2.41. The van der Waals surface area contributed by atoms with E-state index in [4.69, 9.17) is 0 Å². The predicted molar refractivity (Wildman–Crippen MR) is 99.5 cm³/mol. The Hall–Kier alpha value is -3.24. The van der Waals surface area contributed by atoms with E-state index in [1.807, 2.05) is 0 Å². The van der Waals surface area contributed by atoms with Gasteiger partial charge in [-0.2, -0.15) is 22.0 Å². The number of benzene rings is 1. The van der Waals surface area contributed by atoms with E-state index in [0.29, 0.717) is 0 Å². The van der Waals surface area contributed by atoms with Crippen molar-refractivity contribution in [1.29, 1.82) is 0 Å². The van der Waals surface area contributed by atoms with E-state index in [2.05, 4.69) is 20.4 Å². The van der Waals surface area contributed by atoms with E-state index in [9.17, 15) is 31.5 Å². The van der Waals surface area contributed by atoms with Crippen LogP contribution in [0.2, 0.25) is 0 Å². The van der Waals surface area contributed by atoms with E-state index in [1.54, 1.807) is 0 Å². The third-order valence-corrected chi connectivity index (χ3v) is 4.50. The summed E-state index contributed by atoms with van der Waals surface area (Å²) in [5.41, 5.74) is 0.434. The zero-order chi connectivity index (χ0) is 22.8. The van der Waals surface area contributed by atoms with Crippen molar-refractivity contribution in [2.24, 2.45) is 5.92 Å². The van der Waals surface area contributed by atoms with Crippen molar-refractivity contribution in [2.45, 2.75) is 38.1 Å². The van der Waals surface area contributed by atoms with Gasteiger partial charge < -0.3 is 15.4 Å². The number of nitrogens with one attached hydrogen (secondary N) is 2. The Labute approximate surface area is 173 Å². The molecular formula is C20H18F5N3O3. The monoisotopic (exact) mass is 443 g/mol. The molecule has 1 fully saturated rings. The van der Waals surface area contributed by atoms with Crippen molar-refractivity contribution in [2.75, 3.05) is 5.32 Å². The molecule has 6 nitrogen and oxygen atoms in total. The Morgan fingerprint density at radius 2 is 1.84 bits per heavy atom. The van der Waals surface area contributed by atoms with Crippen molar-refractivity contribution < 1.29 is 36.3 Å². The quantitative estimate of drug-likeness (QED) is 0.620. The molecule has 0 radical (unpaired) electrons. The topological polar surface area (TPSA) is 80.3 Å². The number of anilines is 1. The smallest absolute Gasteiger partial charge is 0.426 e. The Morgan fingerprint density at radius 1 is 1.13 bits per heavy atom. The molecule has 1 heterocycles. The zero-order valence-corrected chi connectivity index (χ0v) is 16.2. The third kappa shape index (κ3) is 5.68. The number of rotatable bonds is 7. The number of carbonyl (C=O) groups is 2. The molecule has 0 aliphatic heterocycles. The molecule has 1 aromatic heterocycles. The number of carbonyl (C=O) groups excluding carboxylic acids is 2. The van der Waals surface area contributed by atoms with Gasteiger partial charge in [0.1, 0.15) is 11.6 Å². The summed E-state index contributed by atoms with van der Waals surface area (Å²) in [6.45, 7) is 1.52. The van der Waals surface area contributed by atoms with Crippen LogP contribution >= 0.6 is 0 Å². The molecule has 1 saturated carbocycles. The summed E-state index contributed by atoms with van der Waals surface area (Å²) in [6, 6.07) is 6.67. The first-order valence-electron chi connectivity index (χ1n) is 9.27. The molecule has 11 heteroatoms. The SMILES string of the molecule is C[C@@H](NC(=O)c1ccnc(NC(=O)C2CC2)c1)c1cccc(OC(F)(F)C(F)(F)F)c1. The van der Waals surface area contributed by atoms with Gasteiger partial charge in [0.05, 0.1) is 6.04 Å². The number of alkyl halides is 5. The van der Waals surface area contributed by atoms with Crippen LogP contribution in [-0.4, -0.2) is 29.1 Å². The number of amides is 2. The van der Waals surface area contributed by atoms with Gasteiger partial charge in [-0.05, 0) is 49.6 Å². The third-order valence-electron chi connectivity index (χ3n) is 4.50. The number of ether oxygens (including phenoxy) is 1. The molecule has 2 amide bonds. The number of halogens is 5. The van der Waals surface area contributed by atoms with Crippen molar-refractivity contribution in [3.05, 3.63) is 53.7 Å². The van der Waals surface area contributed by atoms with Crippen LogP contribution in [0.15, 0.2) is 42.6 Å². The first-order valence-corrected chi connectivity index (χ1v) is 9.27. The second-order valence-corrected chi connectivity index (χ2v) is 7.08. The van der Waals surface area contributed by atoms with Crippen LogP contribution in [0, 0.1) is 5.92 Å². The molecule has 166 valence electrons. The van der Waals surface area contributed by atoms with Crippen molar-refractivity contribution in [1.82, 2.24) is 10.3 Å². The predicted octanol–water partition coefficient (Wildman–Crippen LogP) is 4.46. The zero-order valence-electron chi connectivity index (χ0n) is 16.2. The summed E-state index contributed by atoms with van der Waals surface area (Å²) in [6.07, 6.45) is -8.26. The van der Waals surface area contributed by atoms with Crippen LogP contribution in [-0.2, 0) is 4.79 Å². The molecule has 0 saturated heterocycles. The van der Waals surface area contributed by atoms with Gasteiger partial charge in [-0.1, -0.05) is 12.1 Å². The van der Waals surface area contributed by atoms with Gasteiger partial charge in [0.2, 0.25) is 5.91 Å². The van der Waals surface area contributed by atoms with Gasteiger partial charge in [-0.25, -0.2) is 4.98 Å². The molecule has 1 atom stereocenters. The molecule has 2 aromatic rings. The molecule has 1 aromatic carbocycles. The van der Waals surface area contributed by atoms with Gasteiger partial charge in [-0.15, -0.1) is 0 Å². The number of pyridine rings is 1. The second-order valence-electron chi connectivity index (χ2n) is 7.08. The van der Waals surface area contributed by atoms with E-state index in [0.717, 1.165) is 25.0 Å². The van der Waals surface area contributed by atoms with Crippen molar-refractivity contribution in [3.8, 4) is 5.75 Å². The highest BCUT2D eigenvalue weighted by atomic mass is 19.4. The van der Waals surface area contributed by atoms with Gasteiger partial charge in [0.25, 0.3) is 5.91 Å². The highest BCUT2D eigenvalue weighted by Gasteiger charge is 2.61. The van der Waals surface area contributed by atoms with Gasteiger partial charge in [0, 0.05) is 17.7 Å².